The number of hydrogen-bond acceptors (Lipinski definition) is 4. The van der Waals surface area contributed by atoms with Gasteiger partial charge in [-0.25, -0.2) is 9.97 Å². The average molecular weight is 270 g/mol. The van der Waals surface area contributed by atoms with Crippen molar-refractivity contribution < 1.29 is 4.79 Å². The van der Waals surface area contributed by atoms with Crippen LogP contribution in [0, 0.1) is 0 Å². The maximum absolute atomic E-state index is 11.8. The van der Waals surface area contributed by atoms with Gasteiger partial charge in [0.1, 0.15) is 12.1 Å². The summed E-state index contributed by atoms with van der Waals surface area (Å²) in [4.78, 5) is 20.7. The summed E-state index contributed by atoms with van der Waals surface area (Å²) in [6.07, 6.45) is 6.80. The predicted molar refractivity (Wildman–Crippen MR) is 73.6 cm³/mol. The van der Waals surface area contributed by atoms with Crippen molar-refractivity contribution in [3.8, 4) is 5.82 Å². The smallest absolute Gasteiger partial charge is 0.265 e. The highest BCUT2D eigenvalue weighted by atomic mass is 32.1. The molecule has 0 saturated carbocycles. The first-order chi connectivity index (χ1) is 9.33. The van der Waals surface area contributed by atoms with Crippen LogP contribution in [0.25, 0.3) is 5.82 Å². The molecule has 3 heterocycles. The van der Waals surface area contributed by atoms with Gasteiger partial charge in [0.2, 0.25) is 0 Å². The summed E-state index contributed by atoms with van der Waals surface area (Å²) in [5, 5.41) is 4.67. The van der Waals surface area contributed by atoms with Gasteiger partial charge in [0, 0.05) is 12.4 Å². The predicted octanol–water partition coefficient (Wildman–Crippen LogP) is 2.58. The molecule has 3 aromatic heterocycles. The highest BCUT2D eigenvalue weighted by Gasteiger charge is 2.07. The third-order valence-corrected chi connectivity index (χ3v) is 3.39. The first-order valence-electron chi connectivity index (χ1n) is 5.62. The number of aromatic nitrogens is 3. The monoisotopic (exact) mass is 270 g/mol. The summed E-state index contributed by atoms with van der Waals surface area (Å²) < 4.78 is 1.80. The molecule has 0 bridgehead atoms. The molecule has 0 atom stereocenters. The Morgan fingerprint density at radius 3 is 2.89 bits per heavy atom. The van der Waals surface area contributed by atoms with E-state index in [0.29, 0.717) is 10.6 Å². The molecule has 5 nitrogen and oxygen atoms in total. The minimum atomic E-state index is -0.118. The third kappa shape index (κ3) is 2.53. The van der Waals surface area contributed by atoms with E-state index in [-0.39, 0.29) is 5.91 Å². The second-order valence-corrected chi connectivity index (χ2v) is 4.75. The number of amides is 1. The van der Waals surface area contributed by atoms with Crippen LogP contribution in [0.5, 0.6) is 0 Å². The van der Waals surface area contributed by atoms with Gasteiger partial charge in [-0.2, -0.15) is 0 Å². The van der Waals surface area contributed by atoms with Gasteiger partial charge in [0.05, 0.1) is 16.8 Å². The van der Waals surface area contributed by atoms with Crippen LogP contribution in [0.2, 0.25) is 0 Å². The molecule has 0 aliphatic rings. The summed E-state index contributed by atoms with van der Waals surface area (Å²) >= 11 is 1.41. The Morgan fingerprint density at radius 2 is 2.26 bits per heavy atom. The fourth-order valence-electron chi connectivity index (χ4n) is 1.61. The molecule has 0 fully saturated rings. The van der Waals surface area contributed by atoms with Crippen LogP contribution < -0.4 is 5.32 Å². The van der Waals surface area contributed by atoms with E-state index in [9.17, 15) is 4.79 Å². The van der Waals surface area contributed by atoms with Crippen molar-refractivity contribution in [1.82, 2.24) is 14.5 Å². The number of carbonyl (C=O) groups excluding carboxylic acids is 1. The molecular formula is C13H10N4OS. The van der Waals surface area contributed by atoms with Crippen LogP contribution in [0.3, 0.4) is 0 Å². The minimum absolute atomic E-state index is 0.118. The molecule has 19 heavy (non-hydrogen) atoms. The van der Waals surface area contributed by atoms with E-state index in [1.165, 1.54) is 11.3 Å². The number of thiophene rings is 1. The number of nitrogens with zero attached hydrogens (tertiary/aromatic N) is 3. The molecule has 0 aliphatic heterocycles. The van der Waals surface area contributed by atoms with Crippen LogP contribution in [-0.4, -0.2) is 20.4 Å². The third-order valence-electron chi connectivity index (χ3n) is 2.52. The second-order valence-electron chi connectivity index (χ2n) is 3.81. The molecule has 0 aliphatic carbocycles. The number of carbonyl (C=O) groups is 1. The van der Waals surface area contributed by atoms with Gasteiger partial charge in [-0.3, -0.25) is 9.36 Å². The standard InChI is InChI=1S/C13H10N4OS/c18-13(11-2-1-7-19-11)16-10-3-4-12(15-8-10)17-6-5-14-9-17/h1-9H,(H,16,18). The molecule has 0 aromatic carbocycles. The van der Waals surface area contributed by atoms with Gasteiger partial charge in [0.15, 0.2) is 0 Å². The SMILES string of the molecule is O=C(Nc1ccc(-n2ccnc2)nc1)c1cccs1. The first-order valence-corrected chi connectivity index (χ1v) is 6.50. The van der Waals surface area contributed by atoms with Gasteiger partial charge in [-0.05, 0) is 23.6 Å². The second kappa shape index (κ2) is 5.03. The fraction of sp³-hybridized carbons (Fsp3) is 0. The largest absolute Gasteiger partial charge is 0.320 e. The zero-order valence-corrected chi connectivity index (χ0v) is 10.7. The molecule has 0 saturated heterocycles. The Balaban J connectivity index is 1.75. The minimum Gasteiger partial charge on any atom is -0.320 e. The number of rotatable bonds is 3. The maximum atomic E-state index is 11.8. The van der Waals surface area contributed by atoms with Crippen molar-refractivity contribution in [3.05, 3.63) is 59.4 Å². The van der Waals surface area contributed by atoms with Gasteiger partial charge in [-0.15, -0.1) is 11.3 Å². The fourth-order valence-corrected chi connectivity index (χ4v) is 2.23. The Labute approximate surface area is 113 Å². The van der Waals surface area contributed by atoms with Crippen molar-refractivity contribution in [2.45, 2.75) is 0 Å². The molecule has 94 valence electrons. The van der Waals surface area contributed by atoms with E-state index >= 15 is 0 Å². The number of nitrogens with one attached hydrogen (secondary N) is 1. The highest BCUT2D eigenvalue weighted by Crippen LogP contribution is 2.13. The maximum Gasteiger partial charge on any atom is 0.265 e. The summed E-state index contributed by atoms with van der Waals surface area (Å²) in [6.45, 7) is 0. The summed E-state index contributed by atoms with van der Waals surface area (Å²) in [5.74, 6) is 0.638. The lowest BCUT2D eigenvalue weighted by Crippen LogP contribution is -2.10. The molecule has 3 rings (SSSR count). The van der Waals surface area contributed by atoms with Crippen molar-refractivity contribution >= 4 is 22.9 Å². The Hall–Kier alpha value is -2.47. The van der Waals surface area contributed by atoms with E-state index < -0.39 is 0 Å². The lowest BCUT2D eigenvalue weighted by molar-refractivity contribution is 0.103. The van der Waals surface area contributed by atoms with Crippen LogP contribution in [0.1, 0.15) is 9.67 Å². The van der Waals surface area contributed by atoms with Gasteiger partial charge in [0.25, 0.3) is 5.91 Å². The molecule has 0 unspecified atom stereocenters. The Morgan fingerprint density at radius 1 is 1.32 bits per heavy atom. The summed E-state index contributed by atoms with van der Waals surface area (Å²) in [6, 6.07) is 7.27. The molecule has 1 amide bonds. The van der Waals surface area contributed by atoms with E-state index in [0.717, 1.165) is 5.82 Å². The van der Waals surface area contributed by atoms with Crippen LogP contribution in [0.4, 0.5) is 5.69 Å². The number of hydrogen-bond donors (Lipinski definition) is 1. The number of imidazole rings is 1. The number of anilines is 1. The van der Waals surface area contributed by atoms with Crippen LogP contribution in [-0.2, 0) is 0 Å². The molecule has 0 radical (unpaired) electrons. The lowest BCUT2D eigenvalue weighted by atomic mass is 10.3. The lowest BCUT2D eigenvalue weighted by Gasteiger charge is -2.05. The average Bonchev–Trinajstić information content (AvgIpc) is 3.13. The van der Waals surface area contributed by atoms with E-state index in [1.807, 2.05) is 29.8 Å². The summed E-state index contributed by atoms with van der Waals surface area (Å²) in [5.41, 5.74) is 0.669. The zero-order valence-electron chi connectivity index (χ0n) is 9.85. The topological polar surface area (TPSA) is 59.8 Å². The Bertz CT molecular complexity index is 659. The molecule has 6 heteroatoms. The number of pyridine rings is 1. The summed E-state index contributed by atoms with van der Waals surface area (Å²) in [7, 11) is 0. The molecule has 0 spiro atoms. The van der Waals surface area contributed by atoms with Gasteiger partial charge in [-0.1, -0.05) is 6.07 Å². The van der Waals surface area contributed by atoms with E-state index in [1.54, 1.807) is 29.4 Å². The normalized spacial score (nSPS) is 10.3. The highest BCUT2D eigenvalue weighted by molar-refractivity contribution is 7.12. The first kappa shape index (κ1) is 11.6. The van der Waals surface area contributed by atoms with Crippen molar-refractivity contribution in [3.63, 3.8) is 0 Å². The zero-order chi connectivity index (χ0) is 13.1. The molecule has 3 aromatic rings. The van der Waals surface area contributed by atoms with Crippen molar-refractivity contribution in [2.75, 3.05) is 5.32 Å². The molecule has 1 N–H and O–H groups in total. The van der Waals surface area contributed by atoms with E-state index in [2.05, 4.69) is 15.3 Å². The molecular weight excluding hydrogens is 260 g/mol. The quantitative estimate of drug-likeness (QED) is 0.795. The van der Waals surface area contributed by atoms with Crippen molar-refractivity contribution in [2.24, 2.45) is 0 Å². The Kier molecular flexibility index (Phi) is 3.07. The van der Waals surface area contributed by atoms with E-state index in [4.69, 9.17) is 0 Å². The van der Waals surface area contributed by atoms with Crippen molar-refractivity contribution in [1.29, 1.82) is 0 Å². The van der Waals surface area contributed by atoms with Gasteiger partial charge >= 0.3 is 0 Å². The van der Waals surface area contributed by atoms with Crippen LogP contribution >= 0.6 is 11.3 Å². The van der Waals surface area contributed by atoms with Gasteiger partial charge < -0.3 is 5.32 Å². The van der Waals surface area contributed by atoms with Crippen LogP contribution in [0.15, 0.2) is 54.6 Å².